The summed E-state index contributed by atoms with van der Waals surface area (Å²) in [6.07, 6.45) is 37.3. The highest BCUT2D eigenvalue weighted by Gasteiger charge is 2.27. The normalized spacial score (nSPS) is 14.7. The van der Waals surface area contributed by atoms with Gasteiger partial charge in [0.15, 0.2) is 0 Å². The molecule has 0 heterocycles. The number of carbonyl (C=O) groups is 2. The van der Waals surface area contributed by atoms with E-state index in [9.17, 15) is 19.0 Å². The maximum Gasteiger partial charge on any atom is 0.472 e. The van der Waals surface area contributed by atoms with Crippen molar-refractivity contribution in [3.8, 4) is 0 Å². The molecule has 3 atom stereocenters. The monoisotopic (exact) mass is 713 g/mol. The molecule has 0 saturated heterocycles. The molecular weight excluding hydrogens is 645 g/mol. The van der Waals surface area contributed by atoms with Crippen LogP contribution in [0.3, 0.4) is 0 Å². The molecule has 0 aliphatic heterocycles. The molecule has 11 heteroatoms. The van der Waals surface area contributed by atoms with Crippen molar-refractivity contribution >= 4 is 19.8 Å². The Morgan fingerprint density at radius 2 is 1.18 bits per heavy atom. The Hall–Kier alpha value is -2.07. The molecule has 0 bridgehead atoms. The number of ether oxygens (including phenoxy) is 2. The summed E-state index contributed by atoms with van der Waals surface area (Å²) in [7, 11) is -4.62. The quantitative estimate of drug-likeness (QED) is 0.0250. The van der Waals surface area contributed by atoms with Gasteiger partial charge in [-0.25, -0.2) is 4.57 Å². The van der Waals surface area contributed by atoms with Gasteiger partial charge in [0.25, 0.3) is 0 Å². The predicted octanol–water partition coefficient (Wildman–Crippen LogP) is 9.53. The minimum absolute atomic E-state index is 0.00393. The lowest BCUT2D eigenvalue weighted by Crippen LogP contribution is -2.34. The number of carbonyl (C=O) groups excluding carboxylic acids is 1. The minimum Gasteiger partial charge on any atom is -0.480 e. The van der Waals surface area contributed by atoms with Gasteiger partial charge in [0.05, 0.1) is 19.8 Å². The molecule has 0 aromatic carbocycles. The maximum absolute atomic E-state index is 12.5. The van der Waals surface area contributed by atoms with Crippen LogP contribution in [0.15, 0.2) is 48.6 Å². The third kappa shape index (κ3) is 34.2. The topological polar surface area (TPSA) is 155 Å². The zero-order valence-electron chi connectivity index (χ0n) is 30.5. The summed E-state index contributed by atoms with van der Waals surface area (Å²) >= 11 is 0. The van der Waals surface area contributed by atoms with Gasteiger partial charge in [0, 0.05) is 13.0 Å². The number of allylic oxidation sites excluding steroid dienone is 8. The molecule has 0 saturated carbocycles. The average molecular weight is 714 g/mol. The smallest absolute Gasteiger partial charge is 0.472 e. The number of aliphatic carboxylic acids is 1. The molecule has 0 radical (unpaired) electrons. The van der Waals surface area contributed by atoms with Crippen molar-refractivity contribution in [2.45, 2.75) is 154 Å². The summed E-state index contributed by atoms with van der Waals surface area (Å²) < 4.78 is 33.2. The van der Waals surface area contributed by atoms with E-state index in [2.05, 4.69) is 67.0 Å². The van der Waals surface area contributed by atoms with Crippen LogP contribution >= 0.6 is 7.82 Å². The van der Waals surface area contributed by atoms with Gasteiger partial charge in [-0.1, -0.05) is 120 Å². The van der Waals surface area contributed by atoms with Crippen LogP contribution in [-0.2, 0) is 32.7 Å². The fourth-order valence-corrected chi connectivity index (χ4v) is 5.43. The molecule has 0 amide bonds. The number of rotatable bonds is 35. The van der Waals surface area contributed by atoms with Gasteiger partial charge in [0.2, 0.25) is 0 Å². The van der Waals surface area contributed by atoms with E-state index in [-0.39, 0.29) is 13.0 Å². The van der Waals surface area contributed by atoms with Crippen molar-refractivity contribution in [2.75, 3.05) is 26.4 Å². The zero-order chi connectivity index (χ0) is 36.3. The molecule has 3 unspecified atom stereocenters. The van der Waals surface area contributed by atoms with E-state index in [1.54, 1.807) is 0 Å². The number of esters is 1. The fraction of sp³-hybridized carbons (Fsp3) is 0.737. The van der Waals surface area contributed by atoms with Crippen LogP contribution in [0.5, 0.6) is 0 Å². The van der Waals surface area contributed by atoms with E-state index in [0.717, 1.165) is 77.0 Å². The van der Waals surface area contributed by atoms with E-state index >= 15 is 0 Å². The number of hydrogen-bond acceptors (Lipinski definition) is 8. The summed E-state index contributed by atoms with van der Waals surface area (Å²) in [5, 5.41) is 8.86. The molecule has 0 aromatic heterocycles. The lowest BCUT2D eigenvalue weighted by atomic mass is 10.1. The van der Waals surface area contributed by atoms with Crippen LogP contribution in [0, 0.1) is 0 Å². The minimum atomic E-state index is -4.62. The number of hydrogen-bond donors (Lipinski definition) is 3. The summed E-state index contributed by atoms with van der Waals surface area (Å²) in [6, 6.07) is -1.48. The Morgan fingerprint density at radius 1 is 0.673 bits per heavy atom. The largest absolute Gasteiger partial charge is 0.480 e. The van der Waals surface area contributed by atoms with Crippen LogP contribution in [0.1, 0.15) is 142 Å². The Morgan fingerprint density at radius 3 is 1.80 bits per heavy atom. The molecule has 0 spiro atoms. The van der Waals surface area contributed by atoms with E-state index in [1.165, 1.54) is 38.5 Å². The van der Waals surface area contributed by atoms with Gasteiger partial charge in [0.1, 0.15) is 12.1 Å². The second kappa shape index (κ2) is 34.4. The highest BCUT2D eigenvalue weighted by Crippen LogP contribution is 2.43. The van der Waals surface area contributed by atoms with Crippen molar-refractivity contribution in [3.05, 3.63) is 48.6 Å². The lowest BCUT2D eigenvalue weighted by Gasteiger charge is -2.20. The van der Waals surface area contributed by atoms with Crippen molar-refractivity contribution in [1.29, 1.82) is 0 Å². The van der Waals surface area contributed by atoms with Crippen LogP contribution in [-0.4, -0.2) is 60.5 Å². The van der Waals surface area contributed by atoms with Crippen molar-refractivity contribution in [1.82, 2.24) is 0 Å². The summed E-state index contributed by atoms with van der Waals surface area (Å²) in [4.78, 5) is 33.4. The van der Waals surface area contributed by atoms with Crippen LogP contribution in [0.4, 0.5) is 0 Å². The summed E-state index contributed by atoms with van der Waals surface area (Å²) in [5.41, 5.74) is 5.33. The molecule has 0 fully saturated rings. The fourth-order valence-electron chi connectivity index (χ4n) is 4.66. The second-order valence-corrected chi connectivity index (χ2v) is 13.8. The average Bonchev–Trinajstić information content (AvgIpc) is 3.07. The highest BCUT2D eigenvalue weighted by atomic mass is 31.2. The van der Waals surface area contributed by atoms with Crippen molar-refractivity contribution in [2.24, 2.45) is 5.73 Å². The van der Waals surface area contributed by atoms with Crippen LogP contribution in [0.2, 0.25) is 0 Å². The molecule has 284 valence electrons. The molecule has 0 aromatic rings. The molecule has 0 rings (SSSR count). The Balaban J connectivity index is 4.36. The Bertz CT molecular complexity index is 967. The summed E-state index contributed by atoms with van der Waals surface area (Å²) in [6.45, 7) is 3.67. The molecule has 49 heavy (non-hydrogen) atoms. The number of phosphoric acid groups is 1. The highest BCUT2D eigenvalue weighted by molar-refractivity contribution is 7.47. The van der Waals surface area contributed by atoms with Gasteiger partial charge in [-0.05, 0) is 64.2 Å². The third-order valence-electron chi connectivity index (χ3n) is 7.59. The Labute approximate surface area is 297 Å². The first-order chi connectivity index (χ1) is 23.7. The molecule has 4 N–H and O–H groups in total. The number of carboxylic acid groups (broad SMARTS) is 1. The van der Waals surface area contributed by atoms with Crippen molar-refractivity contribution in [3.63, 3.8) is 0 Å². The SMILES string of the molecule is CC/C=C\C/C=C\C/C=C\CCCCCCCC(=O)OC(COCCCCCCCC/C=C\CCCC)COP(=O)(O)OCC(N)C(=O)O. The number of unbranched alkanes of at least 4 members (excludes halogenated alkanes) is 13. The standard InChI is InChI=1S/C38H68NO9P/c1-3-5-7-9-11-13-15-17-18-19-20-22-24-26-28-30-37(40)48-35(33-46-49(43,44)47-34-36(39)38(41)42)32-45-31-29-27-25-23-21-16-14-12-10-8-6-4-2/h5,7,10-13,17-18,35-36H,3-4,6,8-9,14-16,19-34,39H2,1-2H3,(H,41,42)(H,43,44)/b7-5-,12-10-,13-11-,18-17-. The van der Waals surface area contributed by atoms with Gasteiger partial charge in [-0.3, -0.25) is 18.6 Å². The second-order valence-electron chi connectivity index (χ2n) is 12.3. The van der Waals surface area contributed by atoms with E-state index in [1.807, 2.05) is 0 Å². The Kier molecular flexibility index (Phi) is 32.9. The zero-order valence-corrected chi connectivity index (χ0v) is 31.4. The molecule has 0 aliphatic carbocycles. The van der Waals surface area contributed by atoms with Gasteiger partial charge < -0.3 is 25.2 Å². The molecule has 10 nitrogen and oxygen atoms in total. The van der Waals surface area contributed by atoms with E-state index < -0.39 is 45.1 Å². The van der Waals surface area contributed by atoms with Crippen molar-refractivity contribution < 1.29 is 42.7 Å². The third-order valence-corrected chi connectivity index (χ3v) is 8.54. The van der Waals surface area contributed by atoms with Gasteiger partial charge in [-0.15, -0.1) is 0 Å². The lowest BCUT2D eigenvalue weighted by molar-refractivity contribution is -0.154. The summed E-state index contributed by atoms with van der Waals surface area (Å²) in [5.74, 6) is -1.80. The number of nitrogens with two attached hydrogens (primary N) is 1. The maximum atomic E-state index is 12.5. The number of phosphoric ester groups is 1. The van der Waals surface area contributed by atoms with E-state index in [4.69, 9.17) is 24.8 Å². The molecule has 0 aliphatic rings. The van der Waals surface area contributed by atoms with Crippen LogP contribution in [0.25, 0.3) is 0 Å². The molecular formula is C38H68NO9P. The van der Waals surface area contributed by atoms with Gasteiger partial charge >= 0.3 is 19.8 Å². The predicted molar refractivity (Wildman–Crippen MR) is 198 cm³/mol. The van der Waals surface area contributed by atoms with E-state index in [0.29, 0.717) is 13.0 Å². The first-order valence-corrected chi connectivity index (χ1v) is 20.2. The number of carboxylic acids is 1. The first kappa shape index (κ1) is 46.9. The van der Waals surface area contributed by atoms with Crippen LogP contribution < -0.4 is 5.73 Å². The first-order valence-electron chi connectivity index (χ1n) is 18.7. The van der Waals surface area contributed by atoms with Gasteiger partial charge in [-0.2, -0.15) is 0 Å².